The van der Waals surface area contributed by atoms with Crippen molar-refractivity contribution in [1.82, 2.24) is 9.97 Å². The molecule has 0 unspecified atom stereocenters. The minimum atomic E-state index is -1.02. The van der Waals surface area contributed by atoms with E-state index in [1.807, 2.05) is 24.3 Å². The summed E-state index contributed by atoms with van der Waals surface area (Å²) in [5.41, 5.74) is 7.13. The molecule has 2 aromatic rings. The van der Waals surface area contributed by atoms with E-state index in [2.05, 4.69) is 9.97 Å². The molecule has 0 saturated carbocycles. The highest BCUT2D eigenvalue weighted by atomic mass is 16.4. The van der Waals surface area contributed by atoms with Crippen molar-refractivity contribution >= 4 is 17.0 Å². The number of nitrogens with one attached hydrogen (secondary N) is 1. The largest absolute Gasteiger partial charge is 0.480 e. The molecule has 2 rings (SSSR count). The summed E-state index contributed by atoms with van der Waals surface area (Å²) in [4.78, 5) is 17.8. The van der Waals surface area contributed by atoms with Gasteiger partial charge in [0.2, 0.25) is 0 Å². The molecule has 5 heteroatoms. The number of fused-ring (bicyclic) bond motifs is 1. The van der Waals surface area contributed by atoms with Gasteiger partial charge in [0, 0.05) is 6.42 Å². The Labute approximate surface area is 85.9 Å². The number of nitrogens with two attached hydrogens (primary N) is 1. The third kappa shape index (κ3) is 1.97. The van der Waals surface area contributed by atoms with E-state index >= 15 is 0 Å². The molecule has 0 aliphatic heterocycles. The SMILES string of the molecule is N[C@H](Cc1nc2ccccc2[nH]1)C(=O)O. The molecule has 0 radical (unpaired) electrons. The summed E-state index contributed by atoms with van der Waals surface area (Å²) in [5.74, 6) is -0.415. The first-order chi connectivity index (χ1) is 7.16. The number of rotatable bonds is 3. The van der Waals surface area contributed by atoms with Crippen LogP contribution in [0.3, 0.4) is 0 Å². The van der Waals surface area contributed by atoms with E-state index < -0.39 is 12.0 Å². The summed E-state index contributed by atoms with van der Waals surface area (Å²) in [5, 5.41) is 8.65. The van der Waals surface area contributed by atoms with Crippen molar-refractivity contribution in [3.8, 4) is 0 Å². The minimum absolute atomic E-state index is 0.212. The van der Waals surface area contributed by atoms with Gasteiger partial charge in [-0.05, 0) is 12.1 Å². The van der Waals surface area contributed by atoms with Crippen LogP contribution in [-0.4, -0.2) is 27.1 Å². The quantitative estimate of drug-likeness (QED) is 0.681. The van der Waals surface area contributed by atoms with Crippen molar-refractivity contribution in [2.45, 2.75) is 12.5 Å². The molecule has 0 spiro atoms. The predicted octanol–water partition coefficient (Wildman–Crippen LogP) is 0.517. The third-order valence-corrected chi connectivity index (χ3v) is 2.17. The van der Waals surface area contributed by atoms with E-state index in [0.717, 1.165) is 11.0 Å². The minimum Gasteiger partial charge on any atom is -0.480 e. The number of H-pyrrole nitrogens is 1. The molecule has 15 heavy (non-hydrogen) atoms. The van der Waals surface area contributed by atoms with E-state index in [1.165, 1.54) is 0 Å². The van der Waals surface area contributed by atoms with Crippen LogP contribution in [0.25, 0.3) is 11.0 Å². The Bertz CT molecular complexity index is 459. The van der Waals surface area contributed by atoms with Gasteiger partial charge in [0.05, 0.1) is 11.0 Å². The number of nitrogens with zero attached hydrogens (tertiary/aromatic N) is 1. The highest BCUT2D eigenvalue weighted by molar-refractivity contribution is 5.76. The molecule has 1 atom stereocenters. The fourth-order valence-electron chi connectivity index (χ4n) is 1.40. The molecule has 1 heterocycles. The van der Waals surface area contributed by atoms with Crippen molar-refractivity contribution in [1.29, 1.82) is 0 Å². The van der Waals surface area contributed by atoms with E-state index in [-0.39, 0.29) is 6.42 Å². The highest BCUT2D eigenvalue weighted by Crippen LogP contribution is 2.10. The number of aromatic amines is 1. The second-order valence-electron chi connectivity index (χ2n) is 3.35. The topological polar surface area (TPSA) is 92.0 Å². The van der Waals surface area contributed by atoms with E-state index in [9.17, 15) is 4.79 Å². The standard InChI is InChI=1S/C10H11N3O2/c11-6(10(14)15)5-9-12-7-3-1-2-4-8(7)13-9/h1-4,6H,5,11H2,(H,12,13)(H,14,15)/t6-/m1/s1. The molecule has 0 aliphatic rings. The number of imidazole rings is 1. The van der Waals surface area contributed by atoms with Crippen LogP contribution < -0.4 is 5.73 Å². The Kier molecular flexibility index (Phi) is 2.39. The highest BCUT2D eigenvalue weighted by Gasteiger charge is 2.14. The number of benzene rings is 1. The molecule has 1 aromatic carbocycles. The summed E-state index contributed by atoms with van der Waals surface area (Å²) in [6.07, 6.45) is 0.212. The fourth-order valence-corrected chi connectivity index (χ4v) is 1.40. The van der Waals surface area contributed by atoms with Gasteiger partial charge in [-0.3, -0.25) is 4.79 Å². The Morgan fingerprint density at radius 1 is 1.53 bits per heavy atom. The number of hydrogen-bond acceptors (Lipinski definition) is 3. The molecule has 0 amide bonds. The second-order valence-corrected chi connectivity index (χ2v) is 3.35. The zero-order valence-electron chi connectivity index (χ0n) is 7.97. The summed E-state index contributed by atoms with van der Waals surface area (Å²) in [7, 11) is 0. The molecule has 78 valence electrons. The monoisotopic (exact) mass is 205 g/mol. The molecular formula is C10H11N3O2. The molecule has 4 N–H and O–H groups in total. The molecule has 5 nitrogen and oxygen atoms in total. The van der Waals surface area contributed by atoms with Crippen LogP contribution in [0.5, 0.6) is 0 Å². The van der Waals surface area contributed by atoms with E-state index in [1.54, 1.807) is 0 Å². The normalized spacial score (nSPS) is 12.9. The van der Waals surface area contributed by atoms with Gasteiger partial charge in [-0.2, -0.15) is 0 Å². The van der Waals surface area contributed by atoms with Crippen LogP contribution in [0.2, 0.25) is 0 Å². The van der Waals surface area contributed by atoms with Crippen molar-refractivity contribution in [3.63, 3.8) is 0 Å². The van der Waals surface area contributed by atoms with Crippen LogP contribution in [-0.2, 0) is 11.2 Å². The number of carboxylic acid groups (broad SMARTS) is 1. The summed E-state index contributed by atoms with van der Waals surface area (Å²) in [6, 6.07) is 6.61. The first-order valence-electron chi connectivity index (χ1n) is 4.59. The lowest BCUT2D eigenvalue weighted by Gasteiger charge is -2.01. The zero-order chi connectivity index (χ0) is 10.8. The van der Waals surface area contributed by atoms with Gasteiger partial charge in [-0.15, -0.1) is 0 Å². The van der Waals surface area contributed by atoms with Gasteiger partial charge in [-0.25, -0.2) is 4.98 Å². The van der Waals surface area contributed by atoms with Crippen LogP contribution in [0, 0.1) is 0 Å². The Hall–Kier alpha value is -1.88. The maximum absolute atomic E-state index is 10.6. The van der Waals surface area contributed by atoms with Gasteiger partial charge in [0.25, 0.3) is 0 Å². The van der Waals surface area contributed by atoms with Crippen LogP contribution in [0.1, 0.15) is 5.82 Å². The summed E-state index contributed by atoms with van der Waals surface area (Å²) >= 11 is 0. The molecule has 0 aliphatic carbocycles. The van der Waals surface area contributed by atoms with Crippen molar-refractivity contribution in [2.24, 2.45) is 5.73 Å². The molecule has 0 saturated heterocycles. The number of hydrogen-bond donors (Lipinski definition) is 3. The van der Waals surface area contributed by atoms with Gasteiger partial charge in [-0.1, -0.05) is 12.1 Å². The average Bonchev–Trinajstić information content (AvgIpc) is 2.59. The number of carbonyl (C=O) groups is 1. The lowest BCUT2D eigenvalue weighted by molar-refractivity contribution is -0.138. The van der Waals surface area contributed by atoms with E-state index in [4.69, 9.17) is 10.8 Å². The molecule has 1 aromatic heterocycles. The number of carboxylic acids is 1. The molecular weight excluding hydrogens is 194 g/mol. The first kappa shape index (κ1) is 9.67. The Morgan fingerprint density at radius 3 is 2.93 bits per heavy atom. The molecule has 0 bridgehead atoms. The van der Waals surface area contributed by atoms with Gasteiger partial charge in [0.1, 0.15) is 11.9 Å². The Balaban J connectivity index is 2.26. The van der Waals surface area contributed by atoms with Gasteiger partial charge < -0.3 is 15.8 Å². The van der Waals surface area contributed by atoms with Crippen molar-refractivity contribution in [2.75, 3.05) is 0 Å². The number of aliphatic carboxylic acids is 1. The smallest absolute Gasteiger partial charge is 0.320 e. The average molecular weight is 205 g/mol. The van der Waals surface area contributed by atoms with E-state index in [0.29, 0.717) is 5.82 Å². The second kappa shape index (κ2) is 3.70. The van der Waals surface area contributed by atoms with Gasteiger partial charge >= 0.3 is 5.97 Å². The van der Waals surface area contributed by atoms with Crippen molar-refractivity contribution in [3.05, 3.63) is 30.1 Å². The molecule has 0 fully saturated rings. The lowest BCUT2D eigenvalue weighted by Crippen LogP contribution is -2.32. The first-order valence-corrected chi connectivity index (χ1v) is 4.59. The summed E-state index contributed by atoms with van der Waals surface area (Å²) < 4.78 is 0. The third-order valence-electron chi connectivity index (χ3n) is 2.17. The number of para-hydroxylation sites is 2. The predicted molar refractivity (Wildman–Crippen MR) is 55.4 cm³/mol. The number of aromatic nitrogens is 2. The van der Waals surface area contributed by atoms with Crippen LogP contribution in [0.4, 0.5) is 0 Å². The maximum Gasteiger partial charge on any atom is 0.320 e. The zero-order valence-corrected chi connectivity index (χ0v) is 7.97. The maximum atomic E-state index is 10.6. The van der Waals surface area contributed by atoms with Crippen LogP contribution in [0.15, 0.2) is 24.3 Å². The lowest BCUT2D eigenvalue weighted by atomic mass is 10.2. The fraction of sp³-hybridized carbons (Fsp3) is 0.200. The van der Waals surface area contributed by atoms with Crippen molar-refractivity contribution < 1.29 is 9.90 Å². The Morgan fingerprint density at radius 2 is 2.27 bits per heavy atom. The summed E-state index contributed by atoms with van der Waals surface area (Å²) in [6.45, 7) is 0. The van der Waals surface area contributed by atoms with Gasteiger partial charge in [0.15, 0.2) is 0 Å². The van der Waals surface area contributed by atoms with Crippen LogP contribution >= 0.6 is 0 Å².